The van der Waals surface area contributed by atoms with Gasteiger partial charge in [0.2, 0.25) is 0 Å². The molecular formula is C10H11N3O. The molecule has 0 radical (unpaired) electrons. The number of hydrogen-bond donors (Lipinski definition) is 1. The Labute approximate surface area is 81.4 Å². The van der Waals surface area contributed by atoms with Gasteiger partial charge in [-0.2, -0.15) is 0 Å². The van der Waals surface area contributed by atoms with Gasteiger partial charge in [0, 0.05) is 11.8 Å². The Bertz CT molecular complexity index is 473. The third-order valence-corrected chi connectivity index (χ3v) is 2.20. The van der Waals surface area contributed by atoms with Crippen molar-refractivity contribution in [2.75, 3.05) is 0 Å². The SMILES string of the molecule is CC(C)c1ncnc2[nH]cc(C=O)c12. The lowest BCUT2D eigenvalue weighted by molar-refractivity contribution is 0.112. The summed E-state index contributed by atoms with van der Waals surface area (Å²) < 4.78 is 0. The molecule has 0 saturated carbocycles. The van der Waals surface area contributed by atoms with Crippen LogP contribution in [0.3, 0.4) is 0 Å². The van der Waals surface area contributed by atoms with Gasteiger partial charge in [0.1, 0.15) is 12.0 Å². The largest absolute Gasteiger partial charge is 0.345 e. The second kappa shape index (κ2) is 3.21. The Hall–Kier alpha value is -1.71. The lowest BCUT2D eigenvalue weighted by atomic mass is 10.1. The summed E-state index contributed by atoms with van der Waals surface area (Å²) in [5.41, 5.74) is 2.27. The lowest BCUT2D eigenvalue weighted by Gasteiger charge is -2.04. The molecule has 72 valence electrons. The van der Waals surface area contributed by atoms with E-state index < -0.39 is 0 Å². The summed E-state index contributed by atoms with van der Waals surface area (Å²) in [4.78, 5) is 22.0. The number of aromatic amines is 1. The van der Waals surface area contributed by atoms with E-state index in [2.05, 4.69) is 15.0 Å². The van der Waals surface area contributed by atoms with Crippen LogP contribution in [0.15, 0.2) is 12.5 Å². The monoisotopic (exact) mass is 189 g/mol. The quantitative estimate of drug-likeness (QED) is 0.734. The first-order valence-electron chi connectivity index (χ1n) is 4.51. The normalized spacial score (nSPS) is 11.1. The Balaban J connectivity index is 2.81. The Morgan fingerprint density at radius 3 is 2.86 bits per heavy atom. The molecule has 2 aromatic heterocycles. The minimum absolute atomic E-state index is 0.287. The van der Waals surface area contributed by atoms with E-state index in [0.29, 0.717) is 5.56 Å². The molecular weight excluding hydrogens is 178 g/mol. The van der Waals surface area contributed by atoms with Crippen molar-refractivity contribution >= 4 is 17.3 Å². The van der Waals surface area contributed by atoms with E-state index >= 15 is 0 Å². The summed E-state index contributed by atoms with van der Waals surface area (Å²) >= 11 is 0. The molecule has 0 atom stereocenters. The fourth-order valence-electron chi connectivity index (χ4n) is 1.54. The highest BCUT2D eigenvalue weighted by molar-refractivity contribution is 5.97. The summed E-state index contributed by atoms with van der Waals surface area (Å²) in [6.07, 6.45) is 4.01. The first kappa shape index (κ1) is 8.87. The number of carbonyl (C=O) groups excluding carboxylic acids is 1. The van der Waals surface area contributed by atoms with Gasteiger partial charge in [-0.25, -0.2) is 9.97 Å². The molecule has 2 aromatic rings. The number of carbonyl (C=O) groups is 1. The highest BCUT2D eigenvalue weighted by atomic mass is 16.1. The van der Waals surface area contributed by atoms with Gasteiger partial charge in [-0.1, -0.05) is 13.8 Å². The van der Waals surface area contributed by atoms with Crippen molar-refractivity contribution < 1.29 is 4.79 Å². The zero-order valence-electron chi connectivity index (χ0n) is 8.11. The number of nitrogens with zero attached hydrogens (tertiary/aromatic N) is 2. The van der Waals surface area contributed by atoms with Gasteiger partial charge in [-0.3, -0.25) is 4.79 Å². The van der Waals surface area contributed by atoms with Crippen LogP contribution in [0.2, 0.25) is 0 Å². The van der Waals surface area contributed by atoms with Gasteiger partial charge >= 0.3 is 0 Å². The van der Waals surface area contributed by atoms with Crippen LogP contribution in [0, 0.1) is 0 Å². The Morgan fingerprint density at radius 2 is 2.21 bits per heavy atom. The molecule has 0 amide bonds. The smallest absolute Gasteiger partial charge is 0.152 e. The zero-order chi connectivity index (χ0) is 10.1. The van der Waals surface area contributed by atoms with Crippen molar-refractivity contribution in [2.45, 2.75) is 19.8 Å². The number of rotatable bonds is 2. The molecule has 4 nitrogen and oxygen atoms in total. The maximum absolute atomic E-state index is 10.8. The fourth-order valence-corrected chi connectivity index (χ4v) is 1.54. The van der Waals surface area contributed by atoms with Crippen molar-refractivity contribution in [3.63, 3.8) is 0 Å². The first-order valence-corrected chi connectivity index (χ1v) is 4.51. The van der Waals surface area contributed by atoms with Crippen molar-refractivity contribution in [3.05, 3.63) is 23.8 Å². The predicted octanol–water partition coefficient (Wildman–Crippen LogP) is 1.89. The molecule has 2 heterocycles. The van der Waals surface area contributed by atoms with E-state index in [1.807, 2.05) is 13.8 Å². The molecule has 0 aliphatic heterocycles. The number of hydrogen-bond acceptors (Lipinski definition) is 3. The van der Waals surface area contributed by atoms with E-state index in [0.717, 1.165) is 23.0 Å². The number of aldehydes is 1. The van der Waals surface area contributed by atoms with E-state index in [1.54, 1.807) is 6.20 Å². The molecule has 4 heteroatoms. The van der Waals surface area contributed by atoms with Crippen LogP contribution < -0.4 is 0 Å². The molecule has 2 rings (SSSR count). The molecule has 14 heavy (non-hydrogen) atoms. The van der Waals surface area contributed by atoms with Gasteiger partial charge in [0.05, 0.1) is 11.1 Å². The maximum atomic E-state index is 10.8. The molecule has 0 saturated heterocycles. The molecule has 0 fully saturated rings. The van der Waals surface area contributed by atoms with Gasteiger partial charge in [-0.05, 0) is 5.92 Å². The molecule has 0 aliphatic carbocycles. The summed E-state index contributed by atoms with van der Waals surface area (Å²) in [5.74, 6) is 0.287. The molecule has 0 aliphatic rings. The van der Waals surface area contributed by atoms with E-state index in [9.17, 15) is 4.79 Å². The third kappa shape index (κ3) is 1.19. The highest BCUT2D eigenvalue weighted by Gasteiger charge is 2.12. The second-order valence-corrected chi connectivity index (χ2v) is 3.50. The van der Waals surface area contributed by atoms with Crippen LogP contribution in [-0.2, 0) is 0 Å². The first-order chi connectivity index (χ1) is 6.74. The van der Waals surface area contributed by atoms with Crippen molar-refractivity contribution in [2.24, 2.45) is 0 Å². The van der Waals surface area contributed by atoms with Crippen molar-refractivity contribution in [3.8, 4) is 0 Å². The molecule has 0 aromatic carbocycles. The number of aromatic nitrogens is 3. The number of H-pyrrole nitrogens is 1. The number of fused-ring (bicyclic) bond motifs is 1. The molecule has 1 N–H and O–H groups in total. The van der Waals surface area contributed by atoms with Gasteiger partial charge < -0.3 is 4.98 Å². The van der Waals surface area contributed by atoms with E-state index in [-0.39, 0.29) is 5.92 Å². The zero-order valence-corrected chi connectivity index (χ0v) is 8.11. The van der Waals surface area contributed by atoms with Crippen LogP contribution in [0.1, 0.15) is 35.8 Å². The maximum Gasteiger partial charge on any atom is 0.152 e. The van der Waals surface area contributed by atoms with Gasteiger partial charge in [-0.15, -0.1) is 0 Å². The van der Waals surface area contributed by atoms with Crippen molar-refractivity contribution in [1.29, 1.82) is 0 Å². The highest BCUT2D eigenvalue weighted by Crippen LogP contribution is 2.23. The molecule has 0 spiro atoms. The van der Waals surface area contributed by atoms with E-state index in [1.165, 1.54) is 6.33 Å². The average Bonchev–Trinajstić information content (AvgIpc) is 2.59. The fraction of sp³-hybridized carbons (Fsp3) is 0.300. The summed E-state index contributed by atoms with van der Waals surface area (Å²) in [6, 6.07) is 0. The van der Waals surface area contributed by atoms with Gasteiger partial charge in [0.25, 0.3) is 0 Å². The summed E-state index contributed by atoms with van der Waals surface area (Å²) in [6.45, 7) is 4.09. The predicted molar refractivity (Wildman–Crippen MR) is 53.4 cm³/mol. The Kier molecular flexibility index (Phi) is 2.04. The topological polar surface area (TPSA) is 58.6 Å². The van der Waals surface area contributed by atoms with Crippen LogP contribution in [0.25, 0.3) is 11.0 Å². The summed E-state index contributed by atoms with van der Waals surface area (Å²) in [5, 5.41) is 0.845. The van der Waals surface area contributed by atoms with Crippen molar-refractivity contribution in [1.82, 2.24) is 15.0 Å². The van der Waals surface area contributed by atoms with Crippen LogP contribution in [0.4, 0.5) is 0 Å². The molecule has 0 unspecified atom stereocenters. The van der Waals surface area contributed by atoms with Gasteiger partial charge in [0.15, 0.2) is 6.29 Å². The van der Waals surface area contributed by atoms with Crippen LogP contribution in [-0.4, -0.2) is 21.2 Å². The second-order valence-electron chi connectivity index (χ2n) is 3.50. The average molecular weight is 189 g/mol. The molecule has 0 bridgehead atoms. The lowest BCUT2D eigenvalue weighted by Crippen LogP contribution is -1.95. The van der Waals surface area contributed by atoms with E-state index in [4.69, 9.17) is 0 Å². The van der Waals surface area contributed by atoms with Crippen LogP contribution in [0.5, 0.6) is 0 Å². The standard InChI is InChI=1S/C10H11N3O/c1-6(2)9-8-7(4-14)3-11-10(8)13-5-12-9/h3-6H,1-2H3,(H,11,12,13). The third-order valence-electron chi connectivity index (χ3n) is 2.20. The minimum Gasteiger partial charge on any atom is -0.345 e. The summed E-state index contributed by atoms with van der Waals surface area (Å²) in [7, 11) is 0. The van der Waals surface area contributed by atoms with Crippen LogP contribution >= 0.6 is 0 Å². The minimum atomic E-state index is 0.287. The number of nitrogens with one attached hydrogen (secondary N) is 1. The Morgan fingerprint density at radius 1 is 1.43 bits per heavy atom.